The molecule has 1 nitrogen and oxygen atoms in total. The lowest BCUT2D eigenvalue weighted by Gasteiger charge is -2.18. The van der Waals surface area contributed by atoms with Crippen LogP contribution < -0.4 is 0 Å². The number of rotatable bonds is 4. The molecule has 10 aromatic rings. The summed E-state index contributed by atoms with van der Waals surface area (Å²) in [5, 5.41) is 3.09. The first-order valence-corrected chi connectivity index (χ1v) is 15.8. The zero-order valence-corrected chi connectivity index (χ0v) is 25.7. The van der Waals surface area contributed by atoms with Crippen molar-refractivity contribution in [2.45, 2.75) is 0 Å². The van der Waals surface area contributed by atoms with Gasteiger partial charge in [0.2, 0.25) is 0 Å². The van der Waals surface area contributed by atoms with Crippen molar-refractivity contribution in [2.75, 3.05) is 0 Å². The highest BCUT2D eigenvalue weighted by Gasteiger charge is 2.18. The van der Waals surface area contributed by atoms with Crippen molar-refractivity contribution in [3.8, 4) is 44.5 Å². The summed E-state index contributed by atoms with van der Waals surface area (Å²) < 4.78 is 122. The maximum Gasteiger partial charge on any atom is 0.136 e. The summed E-state index contributed by atoms with van der Waals surface area (Å²) in [5.41, 5.74) is 4.41. The van der Waals surface area contributed by atoms with E-state index >= 15 is 0 Å². The molecule has 1 heteroatoms. The molecule has 0 spiro atoms. The summed E-state index contributed by atoms with van der Waals surface area (Å²) in [4.78, 5) is 0. The third kappa shape index (κ3) is 4.40. The monoisotopic (exact) mass is 635 g/mol. The molecule has 9 aromatic carbocycles. The van der Waals surface area contributed by atoms with Gasteiger partial charge in [-0.2, -0.15) is 0 Å². The predicted molar refractivity (Wildman–Crippen MR) is 208 cm³/mol. The zero-order valence-electron chi connectivity index (χ0n) is 38.7. The lowest BCUT2D eigenvalue weighted by atomic mass is 9.85. The normalized spacial score (nSPS) is 15.4. The third-order valence-corrected chi connectivity index (χ3v) is 9.18. The van der Waals surface area contributed by atoms with E-state index in [1.54, 1.807) is 18.2 Å². The van der Waals surface area contributed by atoms with Crippen LogP contribution >= 0.6 is 0 Å². The predicted octanol–water partition coefficient (Wildman–Crippen LogP) is 13.7. The minimum atomic E-state index is -0.717. The first-order chi connectivity index (χ1) is 29.7. The molecular formula is C48H30O. The largest absolute Gasteiger partial charge is 0.456 e. The van der Waals surface area contributed by atoms with Crippen LogP contribution in [0.3, 0.4) is 0 Å². The molecule has 0 saturated heterocycles. The Labute approximate surface area is 302 Å². The van der Waals surface area contributed by atoms with E-state index < -0.39 is 84.1 Å². The van der Waals surface area contributed by atoms with Crippen molar-refractivity contribution in [2.24, 2.45) is 0 Å². The average Bonchev–Trinajstić information content (AvgIpc) is 3.67. The molecule has 0 aliphatic rings. The van der Waals surface area contributed by atoms with Crippen LogP contribution in [0.1, 0.15) is 17.8 Å². The number of benzene rings is 9. The van der Waals surface area contributed by atoms with Gasteiger partial charge in [0.1, 0.15) is 11.2 Å². The van der Waals surface area contributed by atoms with Gasteiger partial charge in [-0.15, -0.1) is 0 Å². The molecule has 0 saturated carbocycles. The van der Waals surface area contributed by atoms with Crippen LogP contribution in [-0.4, -0.2) is 0 Å². The van der Waals surface area contributed by atoms with E-state index in [0.717, 1.165) is 38.2 Å². The molecule has 0 aliphatic carbocycles. The Morgan fingerprint density at radius 1 is 0.367 bits per heavy atom. The Morgan fingerprint density at radius 2 is 0.959 bits per heavy atom. The van der Waals surface area contributed by atoms with Crippen molar-refractivity contribution < 1.29 is 22.2 Å². The van der Waals surface area contributed by atoms with Gasteiger partial charge < -0.3 is 4.42 Å². The maximum atomic E-state index is 9.34. The van der Waals surface area contributed by atoms with Gasteiger partial charge in [-0.1, -0.05) is 157 Å². The molecule has 0 N–H and O–H groups in total. The van der Waals surface area contributed by atoms with Crippen LogP contribution in [0.4, 0.5) is 0 Å². The molecule has 228 valence electrons. The maximum absolute atomic E-state index is 9.34. The smallest absolute Gasteiger partial charge is 0.136 e. The van der Waals surface area contributed by atoms with Crippen molar-refractivity contribution in [3.05, 3.63) is 182 Å². The number of fused-ring (bicyclic) bond motifs is 6. The summed E-state index contributed by atoms with van der Waals surface area (Å²) in [6.45, 7) is 0. The zero-order chi connectivity index (χ0) is 43.6. The molecule has 0 radical (unpaired) electrons. The van der Waals surface area contributed by atoms with E-state index in [1.807, 2.05) is 54.6 Å². The third-order valence-electron chi connectivity index (χ3n) is 9.18. The summed E-state index contributed by atoms with van der Waals surface area (Å²) in [6, 6.07) is 24.8. The highest BCUT2D eigenvalue weighted by molar-refractivity contribution is 6.22. The molecule has 0 aliphatic heterocycles. The molecule has 1 heterocycles. The summed E-state index contributed by atoms with van der Waals surface area (Å²) in [5.74, 6) is 0. The summed E-state index contributed by atoms with van der Waals surface area (Å²) in [7, 11) is 0. The highest BCUT2D eigenvalue weighted by atomic mass is 16.3. The van der Waals surface area contributed by atoms with Crippen LogP contribution in [0, 0.1) is 0 Å². The average molecular weight is 636 g/mol. The minimum Gasteiger partial charge on any atom is -0.456 e. The van der Waals surface area contributed by atoms with Crippen molar-refractivity contribution in [3.63, 3.8) is 0 Å². The lowest BCUT2D eigenvalue weighted by Crippen LogP contribution is -1.91. The van der Waals surface area contributed by atoms with E-state index in [4.69, 9.17) is 16.8 Å². The van der Waals surface area contributed by atoms with Crippen molar-refractivity contribution in [1.82, 2.24) is 0 Å². The van der Waals surface area contributed by atoms with Crippen LogP contribution in [0.25, 0.3) is 98.8 Å². The molecule has 0 fully saturated rings. The van der Waals surface area contributed by atoms with Crippen molar-refractivity contribution in [1.29, 1.82) is 0 Å². The van der Waals surface area contributed by atoms with Crippen molar-refractivity contribution >= 4 is 54.3 Å². The fraction of sp³-hybridized carbons (Fsp3) is 0. The molecule has 0 atom stereocenters. The van der Waals surface area contributed by atoms with Gasteiger partial charge in [0.05, 0.1) is 17.8 Å². The van der Waals surface area contributed by atoms with E-state index in [-0.39, 0.29) is 32.7 Å². The number of furan rings is 1. The number of hydrogen-bond donors (Lipinski definition) is 0. The van der Waals surface area contributed by atoms with Crippen LogP contribution in [0.2, 0.25) is 0 Å². The fourth-order valence-electron chi connectivity index (χ4n) is 7.09. The topological polar surface area (TPSA) is 13.1 Å². The Hall–Kier alpha value is -6.44. The molecule has 0 bridgehead atoms. The van der Waals surface area contributed by atoms with Gasteiger partial charge in [0, 0.05) is 10.8 Å². The fourth-order valence-corrected chi connectivity index (χ4v) is 7.09. The van der Waals surface area contributed by atoms with Gasteiger partial charge in [0.15, 0.2) is 0 Å². The van der Waals surface area contributed by atoms with Gasteiger partial charge in [-0.25, -0.2) is 0 Å². The van der Waals surface area contributed by atoms with Gasteiger partial charge in [-0.3, -0.25) is 0 Å². The van der Waals surface area contributed by atoms with Gasteiger partial charge in [0.25, 0.3) is 0 Å². The SMILES string of the molecule is [2H]c1c([2H])c([2H])c(-c2c3c([2H])c([2H])c([2H])c([2H])c3c(-c3cccc(-c4cccc5oc6ccc(-c7cccc8ccccc78)cc6c45)c3)c3c([2H])c([2H])c([2H])c([2H])c23)c([2H])c1[2H]. The summed E-state index contributed by atoms with van der Waals surface area (Å²) >= 11 is 0. The molecule has 0 unspecified atom stereocenters. The first kappa shape index (κ1) is 17.6. The Morgan fingerprint density at radius 3 is 1.73 bits per heavy atom. The van der Waals surface area contributed by atoms with Gasteiger partial charge >= 0.3 is 0 Å². The van der Waals surface area contributed by atoms with Crippen LogP contribution in [0.5, 0.6) is 0 Å². The van der Waals surface area contributed by atoms with E-state index in [9.17, 15) is 5.48 Å². The summed E-state index contributed by atoms with van der Waals surface area (Å²) in [6.07, 6.45) is 0. The second-order valence-electron chi connectivity index (χ2n) is 11.8. The molecular weight excluding hydrogens is 593 g/mol. The van der Waals surface area contributed by atoms with E-state index in [1.165, 1.54) is 0 Å². The van der Waals surface area contributed by atoms with Crippen LogP contribution in [0.15, 0.2) is 186 Å². The van der Waals surface area contributed by atoms with Crippen LogP contribution in [-0.2, 0) is 0 Å². The lowest BCUT2D eigenvalue weighted by molar-refractivity contribution is 0.669. The minimum absolute atomic E-state index is 0.0643. The van der Waals surface area contributed by atoms with E-state index in [2.05, 4.69) is 30.3 Å². The molecule has 0 amide bonds. The Balaban J connectivity index is 1.32. The quantitative estimate of drug-likeness (QED) is 0.175. The second-order valence-corrected chi connectivity index (χ2v) is 11.8. The second kappa shape index (κ2) is 11.1. The molecule has 49 heavy (non-hydrogen) atoms. The Kier molecular flexibility index (Phi) is 3.99. The number of hydrogen-bond acceptors (Lipinski definition) is 1. The highest BCUT2D eigenvalue weighted by Crippen LogP contribution is 2.45. The molecule has 10 rings (SSSR count). The standard InChI is InChI=1S/C48H30O/c1-2-14-32(15-3-1)46-39-20-6-8-22-41(39)47(42-23-9-7-21-40(42)46)35-18-10-17-33(29-35)38-25-12-26-45-48(38)43-30-34(27-28-44(43)49-45)37-24-11-16-31-13-4-5-19-36(31)37/h1-30H/i1D,2D,3D,6D,7D,8D,9D,14D,15D,20D,21D,22D,23D. The Bertz CT molecular complexity index is 3510. The molecule has 1 aromatic heterocycles. The van der Waals surface area contributed by atoms with E-state index in [0.29, 0.717) is 22.3 Å². The first-order valence-electron chi connectivity index (χ1n) is 22.3. The van der Waals surface area contributed by atoms with Gasteiger partial charge in [-0.05, 0) is 101 Å².